The van der Waals surface area contributed by atoms with Crippen LogP contribution in [0.2, 0.25) is 0 Å². The highest BCUT2D eigenvalue weighted by Gasteiger charge is 2.20. The van der Waals surface area contributed by atoms with E-state index in [0.29, 0.717) is 41.8 Å². The Kier molecular flexibility index (Phi) is 5.15. The Morgan fingerprint density at radius 3 is 2.59 bits per heavy atom. The molecule has 148 valence electrons. The lowest BCUT2D eigenvalue weighted by Crippen LogP contribution is -2.20. The summed E-state index contributed by atoms with van der Waals surface area (Å²) in [5.74, 6) is 1.46. The monoisotopic (exact) mass is 391 g/mol. The van der Waals surface area contributed by atoms with Crippen LogP contribution in [0.5, 0.6) is 11.5 Å². The van der Waals surface area contributed by atoms with E-state index in [-0.39, 0.29) is 5.91 Å². The molecule has 2 N–H and O–H groups in total. The number of carbonyl (C=O) groups excluding carboxylic acids is 1. The van der Waals surface area contributed by atoms with Gasteiger partial charge in [0.25, 0.3) is 5.91 Å². The fourth-order valence-corrected chi connectivity index (χ4v) is 2.90. The lowest BCUT2D eigenvalue weighted by Gasteiger charge is -2.20. The molecule has 3 aromatic rings. The molecular weight excluding hydrogens is 370 g/mol. The van der Waals surface area contributed by atoms with Gasteiger partial charge in [-0.25, -0.2) is 0 Å². The van der Waals surface area contributed by atoms with Crippen LogP contribution in [0.15, 0.2) is 54.7 Å². The zero-order valence-electron chi connectivity index (χ0n) is 16.2. The van der Waals surface area contributed by atoms with E-state index in [1.54, 1.807) is 24.4 Å². The molecule has 0 saturated carbocycles. The number of para-hydroxylation sites is 1. The first kappa shape index (κ1) is 18.5. The second-order valence-electron chi connectivity index (χ2n) is 6.68. The summed E-state index contributed by atoms with van der Waals surface area (Å²) < 4.78 is 11.1. The second-order valence-corrected chi connectivity index (χ2v) is 6.68. The molecular formula is C21H21N5O3. The van der Waals surface area contributed by atoms with Crippen molar-refractivity contribution in [2.24, 2.45) is 0 Å². The summed E-state index contributed by atoms with van der Waals surface area (Å²) in [6, 6.07) is 14.5. The molecule has 2 heterocycles. The number of hydrogen-bond acceptors (Lipinski definition) is 7. The fraction of sp³-hybridized carbons (Fsp3) is 0.190. The molecule has 0 radical (unpaired) electrons. The normalized spacial score (nSPS) is 12.2. The van der Waals surface area contributed by atoms with Crippen LogP contribution in [-0.2, 0) is 0 Å². The van der Waals surface area contributed by atoms with Gasteiger partial charge in [-0.3, -0.25) is 4.79 Å². The van der Waals surface area contributed by atoms with Crippen LogP contribution < -0.4 is 25.0 Å². The Bertz CT molecular complexity index is 1020. The number of hydrogen-bond donors (Lipinski definition) is 2. The van der Waals surface area contributed by atoms with Gasteiger partial charge in [-0.1, -0.05) is 6.07 Å². The van der Waals surface area contributed by atoms with E-state index >= 15 is 0 Å². The first-order valence-corrected chi connectivity index (χ1v) is 9.17. The van der Waals surface area contributed by atoms with Crippen LogP contribution in [0.25, 0.3) is 0 Å². The van der Waals surface area contributed by atoms with Crippen LogP contribution in [0.3, 0.4) is 0 Å². The summed E-state index contributed by atoms with van der Waals surface area (Å²) in [5.41, 5.74) is 2.90. The summed E-state index contributed by atoms with van der Waals surface area (Å²) >= 11 is 0. The van der Waals surface area contributed by atoms with E-state index in [1.807, 2.05) is 49.3 Å². The van der Waals surface area contributed by atoms with Crippen LogP contribution in [0.4, 0.5) is 22.9 Å². The van der Waals surface area contributed by atoms with Gasteiger partial charge in [-0.05, 0) is 36.4 Å². The van der Waals surface area contributed by atoms with Crippen molar-refractivity contribution in [1.82, 2.24) is 10.2 Å². The number of aromatic nitrogens is 2. The Morgan fingerprint density at radius 2 is 1.79 bits per heavy atom. The van der Waals surface area contributed by atoms with Gasteiger partial charge in [0.1, 0.15) is 13.2 Å². The number of nitrogens with zero attached hydrogens (tertiary/aromatic N) is 3. The molecule has 2 aromatic carbocycles. The number of amides is 1. The Morgan fingerprint density at radius 1 is 1.03 bits per heavy atom. The maximum atomic E-state index is 12.7. The molecule has 0 aliphatic carbocycles. The van der Waals surface area contributed by atoms with Crippen molar-refractivity contribution in [3.8, 4) is 11.5 Å². The maximum absolute atomic E-state index is 12.7. The summed E-state index contributed by atoms with van der Waals surface area (Å²) in [6.45, 7) is 0.907. The lowest BCUT2D eigenvalue weighted by molar-refractivity contribution is 0.101. The minimum atomic E-state index is -0.252. The minimum Gasteiger partial charge on any atom is -0.486 e. The zero-order valence-corrected chi connectivity index (χ0v) is 16.2. The minimum absolute atomic E-state index is 0.252. The zero-order chi connectivity index (χ0) is 20.2. The predicted octanol–water partition coefficient (Wildman–Crippen LogP) is 3.31. The predicted molar refractivity (Wildman–Crippen MR) is 111 cm³/mol. The standard InChI is InChI=1S/C21H21N5O3/c1-26(2)16-12-19(25-22-13-16)23-14-6-8-15(9-7-14)24-21(27)17-4-3-5-18-20(17)29-11-10-28-18/h3-9,12-13H,10-11H2,1-2H3,(H,23,25)(H,24,27). The molecule has 0 saturated heterocycles. The van der Waals surface area contributed by atoms with Gasteiger partial charge in [0.15, 0.2) is 17.3 Å². The molecule has 0 bridgehead atoms. The van der Waals surface area contributed by atoms with Crippen LogP contribution in [0, 0.1) is 0 Å². The third-order valence-corrected chi connectivity index (χ3v) is 4.38. The molecule has 0 atom stereocenters. The fourth-order valence-electron chi connectivity index (χ4n) is 2.90. The van der Waals surface area contributed by atoms with E-state index in [1.165, 1.54) is 0 Å². The first-order chi connectivity index (χ1) is 14.1. The van der Waals surface area contributed by atoms with E-state index in [0.717, 1.165) is 11.4 Å². The average molecular weight is 391 g/mol. The van der Waals surface area contributed by atoms with Gasteiger partial charge in [0.2, 0.25) is 0 Å². The number of carbonyl (C=O) groups is 1. The summed E-state index contributed by atoms with van der Waals surface area (Å²) in [4.78, 5) is 14.6. The van der Waals surface area contributed by atoms with Crippen molar-refractivity contribution in [2.75, 3.05) is 42.8 Å². The summed E-state index contributed by atoms with van der Waals surface area (Å²) in [7, 11) is 3.89. The van der Waals surface area contributed by atoms with Gasteiger partial charge < -0.3 is 25.0 Å². The number of nitrogens with one attached hydrogen (secondary N) is 2. The molecule has 1 amide bonds. The van der Waals surface area contributed by atoms with Crippen LogP contribution in [-0.4, -0.2) is 43.4 Å². The van der Waals surface area contributed by atoms with Crippen molar-refractivity contribution >= 4 is 28.8 Å². The van der Waals surface area contributed by atoms with Crippen LogP contribution in [0.1, 0.15) is 10.4 Å². The summed E-state index contributed by atoms with van der Waals surface area (Å²) in [5, 5.41) is 14.2. The number of benzene rings is 2. The Labute approximate surface area is 168 Å². The molecule has 0 unspecified atom stereocenters. The van der Waals surface area contributed by atoms with E-state index < -0.39 is 0 Å². The number of ether oxygens (including phenoxy) is 2. The highest BCUT2D eigenvalue weighted by molar-refractivity contribution is 6.06. The molecule has 1 aromatic heterocycles. The maximum Gasteiger partial charge on any atom is 0.259 e. The molecule has 0 fully saturated rings. The van der Waals surface area contributed by atoms with Crippen molar-refractivity contribution in [2.45, 2.75) is 0 Å². The molecule has 1 aliphatic heterocycles. The average Bonchev–Trinajstić information content (AvgIpc) is 2.75. The largest absolute Gasteiger partial charge is 0.486 e. The Hall–Kier alpha value is -3.81. The van der Waals surface area contributed by atoms with Gasteiger partial charge in [0.05, 0.1) is 17.4 Å². The quantitative estimate of drug-likeness (QED) is 0.690. The molecule has 29 heavy (non-hydrogen) atoms. The number of anilines is 4. The molecule has 8 nitrogen and oxygen atoms in total. The van der Waals surface area contributed by atoms with Crippen molar-refractivity contribution in [3.05, 3.63) is 60.3 Å². The molecule has 4 rings (SSSR count). The molecule has 1 aliphatic rings. The lowest BCUT2D eigenvalue weighted by atomic mass is 10.1. The highest BCUT2D eigenvalue weighted by atomic mass is 16.6. The second kappa shape index (κ2) is 8.05. The summed E-state index contributed by atoms with van der Waals surface area (Å²) in [6.07, 6.45) is 1.70. The Balaban J connectivity index is 1.45. The van der Waals surface area contributed by atoms with Crippen molar-refractivity contribution in [1.29, 1.82) is 0 Å². The first-order valence-electron chi connectivity index (χ1n) is 9.17. The van der Waals surface area contributed by atoms with Crippen molar-refractivity contribution in [3.63, 3.8) is 0 Å². The van der Waals surface area contributed by atoms with Crippen molar-refractivity contribution < 1.29 is 14.3 Å². The van der Waals surface area contributed by atoms with Gasteiger partial charge in [0, 0.05) is 31.5 Å². The topological polar surface area (TPSA) is 88.6 Å². The third-order valence-electron chi connectivity index (χ3n) is 4.38. The smallest absolute Gasteiger partial charge is 0.259 e. The molecule has 0 spiro atoms. The van der Waals surface area contributed by atoms with E-state index in [2.05, 4.69) is 20.8 Å². The van der Waals surface area contributed by atoms with Gasteiger partial charge >= 0.3 is 0 Å². The number of rotatable bonds is 5. The van der Waals surface area contributed by atoms with Gasteiger partial charge in [-0.15, -0.1) is 5.10 Å². The SMILES string of the molecule is CN(C)c1cnnc(Nc2ccc(NC(=O)c3cccc4c3OCCO4)cc2)c1. The highest BCUT2D eigenvalue weighted by Crippen LogP contribution is 2.34. The number of fused-ring (bicyclic) bond motifs is 1. The van der Waals surface area contributed by atoms with E-state index in [9.17, 15) is 4.79 Å². The van der Waals surface area contributed by atoms with E-state index in [4.69, 9.17) is 9.47 Å². The van der Waals surface area contributed by atoms with Crippen LogP contribution >= 0.6 is 0 Å². The third kappa shape index (κ3) is 4.21. The molecule has 8 heteroatoms. The van der Waals surface area contributed by atoms with Gasteiger partial charge in [-0.2, -0.15) is 5.10 Å².